The van der Waals surface area contributed by atoms with Crippen LogP contribution in [0.1, 0.15) is 31.5 Å². The fourth-order valence-electron chi connectivity index (χ4n) is 3.06. The number of anilines is 1. The average molecular weight is 304 g/mol. The maximum atomic E-state index is 5.96. The molecule has 4 rings (SSSR count). The Bertz CT molecular complexity index is 778. The lowest BCUT2D eigenvalue weighted by Gasteiger charge is -2.12. The molecule has 110 valence electrons. The molecule has 1 saturated carbocycles. The molecule has 1 aromatic carbocycles. The van der Waals surface area contributed by atoms with Crippen LogP contribution in [-0.4, -0.2) is 16.0 Å². The number of nitrogens with zero attached hydrogens (tertiary/aromatic N) is 2. The molecule has 0 atom stereocenters. The van der Waals surface area contributed by atoms with Crippen LogP contribution in [0.3, 0.4) is 0 Å². The highest BCUT2D eigenvalue weighted by Gasteiger charge is 2.19. The minimum Gasteiger partial charge on any atom is -0.450 e. The summed E-state index contributed by atoms with van der Waals surface area (Å²) >= 11 is 0. The van der Waals surface area contributed by atoms with Gasteiger partial charge in [0.1, 0.15) is 16.9 Å². The van der Waals surface area contributed by atoms with Crippen molar-refractivity contribution in [2.24, 2.45) is 0 Å². The van der Waals surface area contributed by atoms with E-state index >= 15 is 0 Å². The summed E-state index contributed by atoms with van der Waals surface area (Å²) in [6, 6.07) is 8.53. The summed E-state index contributed by atoms with van der Waals surface area (Å²) < 4.78 is 5.96. The Balaban J connectivity index is 0.00000132. The van der Waals surface area contributed by atoms with Crippen LogP contribution in [0.5, 0.6) is 0 Å². The van der Waals surface area contributed by atoms with Gasteiger partial charge in [-0.1, -0.05) is 25.0 Å². The van der Waals surface area contributed by atoms with Crippen molar-refractivity contribution in [3.63, 3.8) is 0 Å². The third-order valence-electron chi connectivity index (χ3n) is 4.03. The fourth-order valence-corrected chi connectivity index (χ4v) is 3.06. The van der Waals surface area contributed by atoms with E-state index in [1.165, 1.54) is 25.7 Å². The van der Waals surface area contributed by atoms with Crippen molar-refractivity contribution in [1.82, 2.24) is 9.97 Å². The van der Waals surface area contributed by atoms with Gasteiger partial charge in [0.2, 0.25) is 0 Å². The topological polar surface area (TPSA) is 51.0 Å². The van der Waals surface area contributed by atoms with Crippen LogP contribution in [0.4, 0.5) is 5.82 Å². The lowest BCUT2D eigenvalue weighted by molar-refractivity contribution is 0.661. The molecule has 0 spiro atoms. The molecule has 0 aliphatic heterocycles. The highest BCUT2D eigenvalue weighted by molar-refractivity contribution is 6.05. The Kier molecular flexibility index (Phi) is 3.72. The van der Waals surface area contributed by atoms with Gasteiger partial charge in [0.15, 0.2) is 11.4 Å². The van der Waals surface area contributed by atoms with Crippen LogP contribution in [-0.2, 0) is 0 Å². The largest absolute Gasteiger partial charge is 0.450 e. The Labute approximate surface area is 129 Å². The summed E-state index contributed by atoms with van der Waals surface area (Å²) in [6.45, 7) is 1.93. The average Bonchev–Trinajstić information content (AvgIpc) is 3.06. The second kappa shape index (κ2) is 5.53. The van der Waals surface area contributed by atoms with Crippen LogP contribution >= 0.6 is 12.4 Å². The number of fused-ring (bicyclic) bond motifs is 3. The first-order valence-electron chi connectivity index (χ1n) is 7.24. The predicted molar refractivity (Wildman–Crippen MR) is 87.2 cm³/mol. The first-order valence-corrected chi connectivity index (χ1v) is 7.24. The number of furan rings is 1. The van der Waals surface area contributed by atoms with Gasteiger partial charge in [-0.3, -0.25) is 0 Å². The molecule has 5 heteroatoms. The molecule has 1 aliphatic rings. The van der Waals surface area contributed by atoms with E-state index in [1.54, 1.807) is 0 Å². The van der Waals surface area contributed by atoms with Gasteiger partial charge in [-0.25, -0.2) is 9.97 Å². The lowest BCUT2D eigenvalue weighted by atomic mass is 10.2. The normalized spacial score (nSPS) is 15.5. The Hall–Kier alpha value is -1.81. The zero-order valence-corrected chi connectivity index (χ0v) is 12.7. The minimum absolute atomic E-state index is 0. The number of aromatic nitrogens is 2. The third-order valence-corrected chi connectivity index (χ3v) is 4.03. The van der Waals surface area contributed by atoms with Crippen LogP contribution in [0.15, 0.2) is 28.7 Å². The minimum atomic E-state index is 0. The van der Waals surface area contributed by atoms with E-state index in [9.17, 15) is 0 Å². The fraction of sp³-hybridized carbons (Fsp3) is 0.375. The molecule has 1 aliphatic carbocycles. The third kappa shape index (κ3) is 2.44. The smallest absolute Gasteiger partial charge is 0.196 e. The summed E-state index contributed by atoms with van der Waals surface area (Å²) in [6.07, 6.45) is 5.02. The summed E-state index contributed by atoms with van der Waals surface area (Å²) in [4.78, 5) is 9.10. The number of para-hydroxylation sites is 1. The number of hydrogen-bond acceptors (Lipinski definition) is 4. The Morgan fingerprint density at radius 1 is 1.14 bits per heavy atom. The molecule has 1 N–H and O–H groups in total. The van der Waals surface area contributed by atoms with Crippen molar-refractivity contribution in [3.8, 4) is 0 Å². The number of aryl methyl sites for hydroxylation is 1. The molecule has 0 bridgehead atoms. The molecular formula is C16H18ClN3O. The van der Waals surface area contributed by atoms with Gasteiger partial charge >= 0.3 is 0 Å². The van der Waals surface area contributed by atoms with E-state index in [0.717, 1.165) is 33.7 Å². The molecule has 4 nitrogen and oxygen atoms in total. The van der Waals surface area contributed by atoms with Crippen molar-refractivity contribution in [2.45, 2.75) is 38.6 Å². The molecular weight excluding hydrogens is 286 g/mol. The standard InChI is InChI=1S/C16H17N3O.ClH/c1-10-17-14-12-8-4-5-9-13(12)20-15(14)16(18-10)19-11-6-2-3-7-11;/h4-5,8-9,11H,2-3,6-7H2,1H3,(H,17,18,19);1H. The van der Waals surface area contributed by atoms with Gasteiger partial charge in [0, 0.05) is 11.4 Å². The van der Waals surface area contributed by atoms with E-state index in [1.807, 2.05) is 31.2 Å². The number of halogens is 1. The molecule has 0 amide bonds. The van der Waals surface area contributed by atoms with Crippen LogP contribution < -0.4 is 5.32 Å². The molecule has 21 heavy (non-hydrogen) atoms. The molecule has 0 unspecified atom stereocenters. The molecule has 0 saturated heterocycles. The number of hydrogen-bond donors (Lipinski definition) is 1. The molecule has 3 aromatic rings. The maximum absolute atomic E-state index is 5.96. The second-order valence-corrected chi connectivity index (χ2v) is 5.52. The zero-order valence-electron chi connectivity index (χ0n) is 11.9. The number of rotatable bonds is 2. The molecule has 2 heterocycles. The summed E-state index contributed by atoms with van der Waals surface area (Å²) in [5.74, 6) is 1.63. The van der Waals surface area contributed by atoms with E-state index in [-0.39, 0.29) is 12.4 Å². The van der Waals surface area contributed by atoms with E-state index in [4.69, 9.17) is 4.42 Å². The summed E-state index contributed by atoms with van der Waals surface area (Å²) in [7, 11) is 0. The number of nitrogens with one attached hydrogen (secondary N) is 1. The molecule has 1 fully saturated rings. The van der Waals surface area contributed by atoms with Gasteiger partial charge in [-0.15, -0.1) is 12.4 Å². The van der Waals surface area contributed by atoms with Gasteiger partial charge in [-0.05, 0) is 31.9 Å². The van der Waals surface area contributed by atoms with Crippen LogP contribution in [0, 0.1) is 6.92 Å². The van der Waals surface area contributed by atoms with E-state index in [2.05, 4.69) is 15.3 Å². The van der Waals surface area contributed by atoms with Crippen molar-refractivity contribution in [3.05, 3.63) is 30.1 Å². The second-order valence-electron chi connectivity index (χ2n) is 5.52. The van der Waals surface area contributed by atoms with Gasteiger partial charge in [0.05, 0.1) is 0 Å². The SMILES string of the molecule is Cc1nc(NC2CCCC2)c2oc3ccccc3c2n1.Cl. The highest BCUT2D eigenvalue weighted by Crippen LogP contribution is 2.32. The van der Waals surface area contributed by atoms with Gasteiger partial charge in [0.25, 0.3) is 0 Å². The molecule has 0 radical (unpaired) electrons. The first kappa shape index (κ1) is 14.1. The Morgan fingerprint density at radius 2 is 1.90 bits per heavy atom. The van der Waals surface area contributed by atoms with Gasteiger partial charge < -0.3 is 9.73 Å². The first-order chi connectivity index (χ1) is 9.81. The van der Waals surface area contributed by atoms with E-state index < -0.39 is 0 Å². The van der Waals surface area contributed by atoms with E-state index in [0.29, 0.717) is 6.04 Å². The molecule has 2 aromatic heterocycles. The summed E-state index contributed by atoms with van der Waals surface area (Å²) in [5, 5.41) is 4.60. The quantitative estimate of drug-likeness (QED) is 0.759. The summed E-state index contributed by atoms with van der Waals surface area (Å²) in [5.41, 5.74) is 2.56. The van der Waals surface area contributed by atoms with Crippen molar-refractivity contribution < 1.29 is 4.42 Å². The predicted octanol–water partition coefficient (Wildman–Crippen LogP) is 4.46. The van der Waals surface area contributed by atoms with Crippen LogP contribution in [0.2, 0.25) is 0 Å². The monoisotopic (exact) mass is 303 g/mol. The Morgan fingerprint density at radius 3 is 2.71 bits per heavy atom. The van der Waals surface area contributed by atoms with Crippen molar-refractivity contribution in [1.29, 1.82) is 0 Å². The maximum Gasteiger partial charge on any atom is 0.196 e. The van der Waals surface area contributed by atoms with Crippen molar-refractivity contribution in [2.75, 3.05) is 5.32 Å². The van der Waals surface area contributed by atoms with Crippen LogP contribution in [0.25, 0.3) is 22.1 Å². The number of benzene rings is 1. The zero-order chi connectivity index (χ0) is 13.5. The van der Waals surface area contributed by atoms with Gasteiger partial charge in [-0.2, -0.15) is 0 Å². The van der Waals surface area contributed by atoms with Crippen molar-refractivity contribution >= 4 is 40.3 Å². The lowest BCUT2D eigenvalue weighted by Crippen LogP contribution is -2.16. The highest BCUT2D eigenvalue weighted by atomic mass is 35.5.